The summed E-state index contributed by atoms with van der Waals surface area (Å²) < 4.78 is 10.7. The van der Waals surface area contributed by atoms with E-state index in [1.165, 1.54) is 0 Å². The van der Waals surface area contributed by atoms with Crippen molar-refractivity contribution < 1.29 is 14.1 Å². The summed E-state index contributed by atoms with van der Waals surface area (Å²) >= 11 is 5.79. The molecule has 1 aliphatic carbocycles. The molecule has 0 radical (unpaired) electrons. The molecule has 1 heterocycles. The summed E-state index contributed by atoms with van der Waals surface area (Å²) in [5.41, 5.74) is 1.96. The van der Waals surface area contributed by atoms with Crippen molar-refractivity contribution in [2.75, 3.05) is 11.9 Å². The van der Waals surface area contributed by atoms with Crippen LogP contribution in [0.15, 0.2) is 28.8 Å². The summed E-state index contributed by atoms with van der Waals surface area (Å²) in [4.78, 5) is 12.0. The van der Waals surface area contributed by atoms with Crippen LogP contribution in [0.1, 0.15) is 24.6 Å². The molecule has 0 bridgehead atoms. The molecular formula is C16H17ClN2O3. The lowest BCUT2D eigenvalue weighted by Crippen LogP contribution is -2.21. The van der Waals surface area contributed by atoms with E-state index < -0.39 is 0 Å². The molecule has 0 saturated carbocycles. The van der Waals surface area contributed by atoms with Gasteiger partial charge in [0.15, 0.2) is 6.61 Å². The van der Waals surface area contributed by atoms with E-state index in [1.54, 1.807) is 24.3 Å². The highest BCUT2D eigenvalue weighted by molar-refractivity contribution is 6.30. The number of nitrogens with zero attached hydrogens (tertiary/aromatic N) is 1. The molecule has 3 rings (SSSR count). The Morgan fingerprint density at radius 2 is 2.23 bits per heavy atom. The number of hydrogen-bond acceptors (Lipinski definition) is 4. The molecule has 2 aromatic rings. The van der Waals surface area contributed by atoms with E-state index in [9.17, 15) is 4.79 Å². The standard InChI is InChI=1S/C16H17ClN2O3/c1-10-2-7-14-13(8-10)16(22-19-14)18-15(20)9-21-12-5-3-11(17)4-6-12/h3-6,10H,2,7-9H2,1H3,(H,18,20)/t10-/m0/s1. The number of aryl methyl sites for hydroxylation is 1. The first kappa shape index (κ1) is 14.9. The van der Waals surface area contributed by atoms with Crippen LogP contribution >= 0.6 is 11.6 Å². The molecule has 0 unspecified atom stereocenters. The Kier molecular flexibility index (Phi) is 4.34. The molecule has 1 atom stereocenters. The molecule has 1 aromatic heterocycles. The normalized spacial score (nSPS) is 16.9. The third-order valence-corrected chi connectivity index (χ3v) is 3.98. The number of hydrogen-bond donors (Lipinski definition) is 1. The second-order valence-corrected chi connectivity index (χ2v) is 6.01. The number of aromatic nitrogens is 1. The molecular weight excluding hydrogens is 304 g/mol. The number of carbonyl (C=O) groups excluding carboxylic acids is 1. The Hall–Kier alpha value is -2.01. The van der Waals surface area contributed by atoms with Crippen LogP contribution < -0.4 is 10.1 Å². The number of rotatable bonds is 4. The number of halogens is 1. The lowest BCUT2D eigenvalue weighted by molar-refractivity contribution is -0.118. The van der Waals surface area contributed by atoms with Gasteiger partial charge in [-0.25, -0.2) is 0 Å². The molecule has 5 nitrogen and oxygen atoms in total. The first-order valence-corrected chi connectivity index (χ1v) is 7.65. The number of amides is 1. The van der Waals surface area contributed by atoms with Crippen molar-refractivity contribution in [2.24, 2.45) is 5.92 Å². The molecule has 116 valence electrons. The van der Waals surface area contributed by atoms with Gasteiger partial charge in [0.2, 0.25) is 5.88 Å². The topological polar surface area (TPSA) is 64.4 Å². The van der Waals surface area contributed by atoms with Gasteiger partial charge in [-0.1, -0.05) is 23.7 Å². The lowest BCUT2D eigenvalue weighted by Gasteiger charge is -2.16. The molecule has 0 saturated heterocycles. The monoisotopic (exact) mass is 320 g/mol. The second kappa shape index (κ2) is 6.40. The molecule has 0 aliphatic heterocycles. The SMILES string of the molecule is C[C@H]1CCc2noc(NC(=O)COc3ccc(Cl)cc3)c2C1. The van der Waals surface area contributed by atoms with Gasteiger partial charge in [0.05, 0.1) is 5.69 Å². The van der Waals surface area contributed by atoms with E-state index in [-0.39, 0.29) is 12.5 Å². The Morgan fingerprint density at radius 3 is 3.00 bits per heavy atom. The van der Waals surface area contributed by atoms with Crippen LogP contribution in [0.3, 0.4) is 0 Å². The zero-order valence-corrected chi connectivity index (χ0v) is 13.0. The van der Waals surface area contributed by atoms with E-state index in [2.05, 4.69) is 17.4 Å². The van der Waals surface area contributed by atoms with Gasteiger partial charge < -0.3 is 9.26 Å². The van der Waals surface area contributed by atoms with Crippen molar-refractivity contribution in [3.63, 3.8) is 0 Å². The number of carbonyl (C=O) groups is 1. The fourth-order valence-electron chi connectivity index (χ4n) is 2.52. The van der Waals surface area contributed by atoms with Crippen molar-refractivity contribution >= 4 is 23.4 Å². The van der Waals surface area contributed by atoms with Crippen molar-refractivity contribution in [3.8, 4) is 5.75 Å². The van der Waals surface area contributed by atoms with Gasteiger partial charge in [-0.15, -0.1) is 0 Å². The average molecular weight is 321 g/mol. The Balaban J connectivity index is 1.58. The van der Waals surface area contributed by atoms with E-state index >= 15 is 0 Å². The van der Waals surface area contributed by atoms with E-state index in [4.69, 9.17) is 20.9 Å². The zero-order valence-electron chi connectivity index (χ0n) is 12.3. The van der Waals surface area contributed by atoms with Crippen LogP contribution in [0.25, 0.3) is 0 Å². The summed E-state index contributed by atoms with van der Waals surface area (Å²) in [5.74, 6) is 1.35. The average Bonchev–Trinajstić information content (AvgIpc) is 2.89. The van der Waals surface area contributed by atoms with E-state index in [0.29, 0.717) is 22.6 Å². The molecule has 1 amide bonds. The Labute approximate surface area is 133 Å². The Bertz CT molecular complexity index is 667. The van der Waals surface area contributed by atoms with Crippen LogP contribution in [-0.2, 0) is 17.6 Å². The fourth-order valence-corrected chi connectivity index (χ4v) is 2.65. The van der Waals surface area contributed by atoms with Gasteiger partial charge >= 0.3 is 0 Å². The molecule has 0 fully saturated rings. The van der Waals surface area contributed by atoms with Crippen LogP contribution in [0, 0.1) is 5.92 Å². The van der Waals surface area contributed by atoms with Gasteiger partial charge in [0.1, 0.15) is 5.75 Å². The first-order valence-electron chi connectivity index (χ1n) is 7.27. The largest absolute Gasteiger partial charge is 0.484 e. The number of ether oxygens (including phenoxy) is 1. The van der Waals surface area contributed by atoms with Crippen LogP contribution in [0.4, 0.5) is 5.88 Å². The lowest BCUT2D eigenvalue weighted by atomic mass is 9.89. The summed E-state index contributed by atoms with van der Waals surface area (Å²) in [6, 6.07) is 6.85. The number of nitrogens with one attached hydrogen (secondary N) is 1. The van der Waals surface area contributed by atoms with Crippen molar-refractivity contribution in [2.45, 2.75) is 26.2 Å². The maximum atomic E-state index is 12.0. The third kappa shape index (κ3) is 3.42. The highest BCUT2D eigenvalue weighted by atomic mass is 35.5. The minimum atomic E-state index is -0.271. The van der Waals surface area contributed by atoms with Gasteiger partial charge in [-0.05, 0) is 49.4 Å². The van der Waals surface area contributed by atoms with Crippen LogP contribution in [0.5, 0.6) is 5.75 Å². The van der Waals surface area contributed by atoms with Gasteiger partial charge in [0, 0.05) is 10.6 Å². The highest BCUT2D eigenvalue weighted by Gasteiger charge is 2.24. The summed E-state index contributed by atoms with van der Waals surface area (Å²) in [5, 5.41) is 7.38. The molecule has 1 aliphatic rings. The Morgan fingerprint density at radius 1 is 1.45 bits per heavy atom. The first-order chi connectivity index (χ1) is 10.6. The van der Waals surface area contributed by atoms with E-state index in [0.717, 1.165) is 30.5 Å². The second-order valence-electron chi connectivity index (χ2n) is 5.58. The van der Waals surface area contributed by atoms with Crippen molar-refractivity contribution in [1.82, 2.24) is 5.16 Å². The molecule has 22 heavy (non-hydrogen) atoms. The predicted octanol–water partition coefficient (Wildman–Crippen LogP) is 3.47. The quantitative estimate of drug-likeness (QED) is 0.936. The maximum Gasteiger partial charge on any atom is 0.264 e. The minimum Gasteiger partial charge on any atom is -0.484 e. The summed E-state index contributed by atoms with van der Waals surface area (Å²) in [6.07, 6.45) is 2.89. The molecule has 6 heteroatoms. The fraction of sp³-hybridized carbons (Fsp3) is 0.375. The van der Waals surface area contributed by atoms with Gasteiger partial charge in [-0.3, -0.25) is 10.1 Å². The number of benzene rings is 1. The third-order valence-electron chi connectivity index (χ3n) is 3.73. The van der Waals surface area contributed by atoms with Crippen molar-refractivity contribution in [1.29, 1.82) is 0 Å². The number of anilines is 1. The summed E-state index contributed by atoms with van der Waals surface area (Å²) in [6.45, 7) is 2.10. The smallest absolute Gasteiger partial charge is 0.264 e. The summed E-state index contributed by atoms with van der Waals surface area (Å²) in [7, 11) is 0. The van der Waals surface area contributed by atoms with E-state index in [1.807, 2.05) is 0 Å². The molecule has 0 spiro atoms. The number of fused-ring (bicyclic) bond motifs is 1. The zero-order chi connectivity index (χ0) is 15.5. The molecule has 1 N–H and O–H groups in total. The predicted molar refractivity (Wildman–Crippen MR) is 83.3 cm³/mol. The van der Waals surface area contributed by atoms with Gasteiger partial charge in [0.25, 0.3) is 5.91 Å². The van der Waals surface area contributed by atoms with Crippen LogP contribution in [-0.4, -0.2) is 17.7 Å². The van der Waals surface area contributed by atoms with Gasteiger partial charge in [-0.2, -0.15) is 0 Å². The maximum absolute atomic E-state index is 12.0. The van der Waals surface area contributed by atoms with Crippen LogP contribution in [0.2, 0.25) is 5.02 Å². The molecule has 1 aromatic carbocycles. The minimum absolute atomic E-state index is 0.0906. The highest BCUT2D eigenvalue weighted by Crippen LogP contribution is 2.30. The van der Waals surface area contributed by atoms with Crippen molar-refractivity contribution in [3.05, 3.63) is 40.5 Å².